The monoisotopic (exact) mass is 278 g/mol. The number of hydrogen-bond acceptors (Lipinski definition) is 3. The molecule has 3 nitrogen and oxygen atoms in total. The van der Waals surface area contributed by atoms with Crippen LogP contribution in [0, 0.1) is 0 Å². The number of carbonyl (C=O) groups excluding carboxylic acids is 2. The smallest absolute Gasteiger partial charge is 0.306 e. The lowest BCUT2D eigenvalue weighted by Gasteiger charge is -2.03. The number of hydrogen-bond donors (Lipinski definition) is 0. The van der Waals surface area contributed by atoms with E-state index in [1.165, 1.54) is 6.92 Å². The zero-order chi connectivity index (χ0) is 11.5. The second-order valence-electron chi connectivity index (χ2n) is 3.53. The third-order valence-electron chi connectivity index (χ3n) is 1.97. The van der Waals surface area contributed by atoms with Crippen molar-refractivity contribution >= 4 is 27.7 Å². The minimum atomic E-state index is -0.259. The molecule has 0 saturated heterocycles. The molecule has 0 aromatic heterocycles. The molecular formula is C11H19BrO3. The molecule has 4 heteroatoms. The lowest BCUT2D eigenvalue weighted by atomic mass is 10.2. The van der Waals surface area contributed by atoms with Gasteiger partial charge in [0, 0.05) is 11.8 Å². The van der Waals surface area contributed by atoms with Crippen molar-refractivity contribution < 1.29 is 14.3 Å². The van der Waals surface area contributed by atoms with Crippen molar-refractivity contribution in [1.29, 1.82) is 0 Å². The second-order valence-corrected chi connectivity index (χ2v) is 4.32. The van der Waals surface area contributed by atoms with Gasteiger partial charge in [-0.1, -0.05) is 28.8 Å². The average Bonchev–Trinajstić information content (AvgIpc) is 2.20. The number of unbranched alkanes of at least 4 members (excludes halogenated alkanes) is 3. The van der Waals surface area contributed by atoms with E-state index < -0.39 is 0 Å². The molecule has 0 aliphatic rings. The molecule has 0 unspecified atom stereocenters. The van der Waals surface area contributed by atoms with Crippen molar-refractivity contribution in [2.45, 2.75) is 45.4 Å². The number of carbonyl (C=O) groups is 2. The number of alkyl halides is 1. The Morgan fingerprint density at radius 1 is 1.07 bits per heavy atom. The lowest BCUT2D eigenvalue weighted by molar-refractivity contribution is -0.144. The minimum Gasteiger partial charge on any atom is -0.466 e. The molecule has 0 saturated carbocycles. The Labute approximate surface area is 99.7 Å². The van der Waals surface area contributed by atoms with E-state index in [0.29, 0.717) is 13.0 Å². The van der Waals surface area contributed by atoms with Crippen LogP contribution >= 0.6 is 15.9 Å². The fraction of sp³-hybridized carbons (Fsp3) is 0.818. The van der Waals surface area contributed by atoms with Crippen LogP contribution in [0.2, 0.25) is 0 Å². The zero-order valence-corrected chi connectivity index (χ0v) is 10.8. The summed E-state index contributed by atoms with van der Waals surface area (Å²) < 4.78 is 4.97. The second kappa shape index (κ2) is 10.1. The third kappa shape index (κ3) is 11.5. The molecule has 0 fully saturated rings. The molecule has 0 aliphatic heterocycles. The topological polar surface area (TPSA) is 43.4 Å². The summed E-state index contributed by atoms with van der Waals surface area (Å²) in [6, 6.07) is 0. The SMILES string of the molecule is CC(=O)CCC(=O)OCCCCCCBr. The van der Waals surface area contributed by atoms with Gasteiger partial charge in [-0.15, -0.1) is 0 Å². The van der Waals surface area contributed by atoms with Gasteiger partial charge in [0.1, 0.15) is 5.78 Å². The standard InChI is InChI=1S/C11H19BrO3/c1-10(13)6-7-11(14)15-9-5-3-2-4-8-12/h2-9H2,1H3. The molecule has 0 bridgehead atoms. The summed E-state index contributed by atoms with van der Waals surface area (Å²) in [5.41, 5.74) is 0. The van der Waals surface area contributed by atoms with Gasteiger partial charge >= 0.3 is 5.97 Å². The molecule has 0 atom stereocenters. The molecule has 88 valence electrons. The van der Waals surface area contributed by atoms with E-state index in [-0.39, 0.29) is 18.2 Å². The van der Waals surface area contributed by atoms with Crippen LogP contribution in [0.3, 0.4) is 0 Å². The molecule has 0 aliphatic carbocycles. The number of esters is 1. The molecule has 0 radical (unpaired) electrons. The maximum Gasteiger partial charge on any atom is 0.306 e. The van der Waals surface area contributed by atoms with Gasteiger partial charge in [0.2, 0.25) is 0 Å². The van der Waals surface area contributed by atoms with Crippen LogP contribution in [0.4, 0.5) is 0 Å². The Balaban J connectivity index is 3.20. The Hall–Kier alpha value is -0.380. The highest BCUT2D eigenvalue weighted by atomic mass is 79.9. The van der Waals surface area contributed by atoms with Gasteiger partial charge in [-0.3, -0.25) is 4.79 Å². The number of ether oxygens (including phenoxy) is 1. The summed E-state index contributed by atoms with van der Waals surface area (Å²) in [5.74, 6) is -0.227. The number of ketones is 1. The first-order valence-corrected chi connectivity index (χ1v) is 6.50. The Kier molecular flexibility index (Phi) is 9.89. The van der Waals surface area contributed by atoms with Gasteiger partial charge < -0.3 is 9.53 Å². The lowest BCUT2D eigenvalue weighted by Crippen LogP contribution is -2.07. The van der Waals surface area contributed by atoms with Crippen molar-refractivity contribution in [3.63, 3.8) is 0 Å². The van der Waals surface area contributed by atoms with Crippen LogP contribution in [-0.2, 0) is 14.3 Å². The van der Waals surface area contributed by atoms with Crippen LogP contribution in [0.5, 0.6) is 0 Å². The van der Waals surface area contributed by atoms with Crippen LogP contribution < -0.4 is 0 Å². The molecule has 15 heavy (non-hydrogen) atoms. The maximum atomic E-state index is 11.1. The zero-order valence-electron chi connectivity index (χ0n) is 9.26. The summed E-state index contributed by atoms with van der Waals surface area (Å²) >= 11 is 3.36. The number of halogens is 1. The predicted molar refractivity (Wildman–Crippen MR) is 63.1 cm³/mol. The van der Waals surface area contributed by atoms with E-state index in [0.717, 1.165) is 31.0 Å². The van der Waals surface area contributed by atoms with Gasteiger partial charge in [-0.25, -0.2) is 0 Å². The van der Waals surface area contributed by atoms with E-state index in [1.54, 1.807) is 0 Å². The van der Waals surface area contributed by atoms with Gasteiger partial charge in [-0.2, -0.15) is 0 Å². The quantitative estimate of drug-likeness (QED) is 0.370. The Morgan fingerprint density at radius 2 is 1.73 bits per heavy atom. The van der Waals surface area contributed by atoms with Gasteiger partial charge in [0.25, 0.3) is 0 Å². The fourth-order valence-electron chi connectivity index (χ4n) is 1.09. The summed E-state index contributed by atoms with van der Waals surface area (Å²) in [4.78, 5) is 21.6. The minimum absolute atomic E-state index is 0.0317. The molecule has 0 aromatic carbocycles. The van der Waals surface area contributed by atoms with Crippen molar-refractivity contribution in [2.24, 2.45) is 0 Å². The summed E-state index contributed by atoms with van der Waals surface area (Å²) in [5, 5.41) is 1.03. The number of Topliss-reactive ketones (excluding diaryl/α,β-unsaturated/α-hetero) is 1. The molecule has 0 N–H and O–H groups in total. The van der Waals surface area contributed by atoms with E-state index in [2.05, 4.69) is 15.9 Å². The largest absolute Gasteiger partial charge is 0.466 e. The Bertz CT molecular complexity index is 192. The van der Waals surface area contributed by atoms with E-state index in [1.807, 2.05) is 0 Å². The fourth-order valence-corrected chi connectivity index (χ4v) is 1.48. The number of rotatable bonds is 9. The first-order valence-electron chi connectivity index (χ1n) is 5.38. The first kappa shape index (κ1) is 14.6. The van der Waals surface area contributed by atoms with Crippen molar-refractivity contribution in [3.05, 3.63) is 0 Å². The third-order valence-corrected chi connectivity index (χ3v) is 2.53. The van der Waals surface area contributed by atoms with Gasteiger partial charge in [0.05, 0.1) is 13.0 Å². The van der Waals surface area contributed by atoms with Crippen LogP contribution in [0.15, 0.2) is 0 Å². The van der Waals surface area contributed by atoms with E-state index in [9.17, 15) is 9.59 Å². The molecule has 0 aromatic rings. The van der Waals surface area contributed by atoms with Gasteiger partial charge in [0.15, 0.2) is 0 Å². The highest BCUT2D eigenvalue weighted by molar-refractivity contribution is 9.09. The normalized spacial score (nSPS) is 10.0. The molecule has 0 heterocycles. The van der Waals surface area contributed by atoms with Crippen LogP contribution in [0.25, 0.3) is 0 Å². The summed E-state index contributed by atoms with van der Waals surface area (Å²) in [6.45, 7) is 1.96. The van der Waals surface area contributed by atoms with Gasteiger partial charge in [-0.05, 0) is 19.8 Å². The van der Waals surface area contributed by atoms with E-state index >= 15 is 0 Å². The van der Waals surface area contributed by atoms with E-state index in [4.69, 9.17) is 4.74 Å². The summed E-state index contributed by atoms with van der Waals surface area (Å²) in [7, 11) is 0. The summed E-state index contributed by atoms with van der Waals surface area (Å²) in [6.07, 6.45) is 4.85. The van der Waals surface area contributed by atoms with Crippen molar-refractivity contribution in [3.8, 4) is 0 Å². The van der Waals surface area contributed by atoms with Crippen LogP contribution in [0.1, 0.15) is 45.4 Å². The first-order chi connectivity index (χ1) is 7.16. The molecule has 0 amide bonds. The van der Waals surface area contributed by atoms with Crippen LogP contribution in [-0.4, -0.2) is 23.7 Å². The molecule has 0 spiro atoms. The average molecular weight is 279 g/mol. The molecular weight excluding hydrogens is 260 g/mol. The highest BCUT2D eigenvalue weighted by Gasteiger charge is 2.03. The Morgan fingerprint density at radius 3 is 2.33 bits per heavy atom. The predicted octanol–water partition coefficient (Wildman–Crippen LogP) is 2.85. The maximum absolute atomic E-state index is 11.1. The highest BCUT2D eigenvalue weighted by Crippen LogP contribution is 2.03. The molecule has 0 rings (SSSR count). The van der Waals surface area contributed by atoms with Crippen molar-refractivity contribution in [1.82, 2.24) is 0 Å². The van der Waals surface area contributed by atoms with Crippen molar-refractivity contribution in [2.75, 3.05) is 11.9 Å².